The number of ether oxygens (including phenoxy) is 2. The first kappa shape index (κ1) is 20.9. The van der Waals surface area contributed by atoms with Gasteiger partial charge in [0.15, 0.2) is 17.3 Å². The number of rotatable bonds is 7. The van der Waals surface area contributed by atoms with Crippen molar-refractivity contribution in [2.75, 3.05) is 13.4 Å². The van der Waals surface area contributed by atoms with Crippen molar-refractivity contribution in [1.29, 1.82) is 0 Å². The molecule has 1 aliphatic carbocycles. The van der Waals surface area contributed by atoms with E-state index in [1.165, 1.54) is 0 Å². The van der Waals surface area contributed by atoms with Gasteiger partial charge in [-0.1, -0.05) is 36.4 Å². The Kier molecular flexibility index (Phi) is 6.03. The van der Waals surface area contributed by atoms with Crippen molar-refractivity contribution in [3.63, 3.8) is 0 Å². The van der Waals surface area contributed by atoms with Crippen LogP contribution in [0.25, 0.3) is 11.4 Å². The van der Waals surface area contributed by atoms with E-state index >= 15 is 0 Å². The van der Waals surface area contributed by atoms with E-state index in [0.717, 1.165) is 28.3 Å². The maximum absolute atomic E-state index is 10.6. The molecule has 1 fully saturated rings. The first-order chi connectivity index (χ1) is 15.7. The molecule has 1 aromatic heterocycles. The number of aliphatic hydroxyl groups excluding tert-OH is 2. The van der Waals surface area contributed by atoms with Crippen LogP contribution in [0, 0.1) is 11.8 Å². The lowest BCUT2D eigenvalue weighted by atomic mass is 9.88. The Bertz CT molecular complexity index is 1060. The first-order valence-corrected chi connectivity index (χ1v) is 11.0. The minimum atomic E-state index is -0.547. The highest BCUT2D eigenvalue weighted by Crippen LogP contribution is 2.36. The maximum atomic E-state index is 10.6. The van der Waals surface area contributed by atoms with Crippen LogP contribution in [0.3, 0.4) is 0 Å². The molecule has 7 nitrogen and oxygen atoms in total. The van der Waals surface area contributed by atoms with Gasteiger partial charge in [-0.15, -0.1) is 0 Å². The van der Waals surface area contributed by atoms with Gasteiger partial charge in [-0.25, -0.2) is 9.97 Å². The number of aliphatic hydroxyl groups is 2. The van der Waals surface area contributed by atoms with Crippen molar-refractivity contribution in [2.45, 2.75) is 31.5 Å². The number of nitrogens with zero attached hydrogens (tertiary/aromatic N) is 2. The summed E-state index contributed by atoms with van der Waals surface area (Å²) in [6, 6.07) is 17.8. The minimum absolute atomic E-state index is 0.0509. The fraction of sp³-hybridized carbons (Fsp3) is 0.360. The molecule has 3 aromatic rings. The third-order valence-electron chi connectivity index (χ3n) is 6.46. The second-order valence-corrected chi connectivity index (χ2v) is 8.43. The van der Waals surface area contributed by atoms with E-state index in [4.69, 9.17) is 14.5 Å². The molecule has 0 bridgehead atoms. The predicted octanol–water partition coefficient (Wildman–Crippen LogP) is 2.56. The van der Waals surface area contributed by atoms with Crippen LogP contribution in [0.15, 0.2) is 60.8 Å². The fourth-order valence-electron chi connectivity index (χ4n) is 4.76. The second-order valence-electron chi connectivity index (χ2n) is 8.43. The summed E-state index contributed by atoms with van der Waals surface area (Å²) in [6.07, 6.45) is 2.48. The number of aromatic nitrogens is 2. The molecule has 1 aliphatic heterocycles. The fourth-order valence-corrected chi connectivity index (χ4v) is 4.76. The standard InChI is InChI=1S/C25H27N3O4/c29-14-20-19(11-18-8-9-26-25(28-18)17-4-2-1-3-5-17)21(12-22(20)30)27-13-16-6-7-23-24(10-16)32-15-31-23/h1-10,19-22,27,29-30H,11-15H2/t19-,20-,21-,22-/m1/s1. The van der Waals surface area contributed by atoms with Gasteiger partial charge in [0, 0.05) is 42.6 Å². The normalized spacial score (nSPS) is 24.1. The van der Waals surface area contributed by atoms with Crippen molar-refractivity contribution in [3.05, 3.63) is 72.1 Å². The third kappa shape index (κ3) is 4.32. The topological polar surface area (TPSA) is 96.7 Å². The van der Waals surface area contributed by atoms with Gasteiger partial charge in [-0.3, -0.25) is 0 Å². The molecule has 3 N–H and O–H groups in total. The van der Waals surface area contributed by atoms with Crippen LogP contribution in [0.5, 0.6) is 11.5 Å². The summed E-state index contributed by atoms with van der Waals surface area (Å²) in [5.41, 5.74) is 2.96. The van der Waals surface area contributed by atoms with Crippen LogP contribution in [0.1, 0.15) is 17.7 Å². The molecule has 4 atom stereocenters. The van der Waals surface area contributed by atoms with Crippen LogP contribution in [-0.2, 0) is 13.0 Å². The minimum Gasteiger partial charge on any atom is -0.454 e. The molecule has 7 heteroatoms. The summed E-state index contributed by atoms with van der Waals surface area (Å²) >= 11 is 0. The SMILES string of the molecule is OC[C@@H]1[C@@H](Cc2ccnc(-c3ccccc3)n2)[C@H](NCc2ccc3c(c2)OCO3)C[C@H]1O. The lowest BCUT2D eigenvalue weighted by Crippen LogP contribution is -2.36. The molecule has 0 saturated heterocycles. The van der Waals surface area contributed by atoms with Crippen LogP contribution in [-0.4, -0.2) is 45.7 Å². The lowest BCUT2D eigenvalue weighted by molar-refractivity contribution is 0.0716. The van der Waals surface area contributed by atoms with Crippen molar-refractivity contribution in [1.82, 2.24) is 15.3 Å². The van der Waals surface area contributed by atoms with Gasteiger partial charge >= 0.3 is 0 Å². The Hall–Kier alpha value is -3.00. The molecule has 1 saturated carbocycles. The van der Waals surface area contributed by atoms with E-state index in [2.05, 4.69) is 10.3 Å². The average Bonchev–Trinajstić information content (AvgIpc) is 3.41. The van der Waals surface area contributed by atoms with Gasteiger partial charge in [0.05, 0.1) is 6.10 Å². The molecule has 2 aromatic carbocycles. The Morgan fingerprint density at radius 3 is 2.69 bits per heavy atom. The van der Waals surface area contributed by atoms with Gasteiger partial charge in [0.1, 0.15) is 0 Å². The smallest absolute Gasteiger partial charge is 0.231 e. The molecule has 166 valence electrons. The molecular formula is C25H27N3O4. The first-order valence-electron chi connectivity index (χ1n) is 11.0. The van der Waals surface area contributed by atoms with E-state index in [1.54, 1.807) is 6.20 Å². The van der Waals surface area contributed by atoms with Gasteiger partial charge in [0.25, 0.3) is 0 Å². The lowest BCUT2D eigenvalue weighted by Gasteiger charge is -2.25. The summed E-state index contributed by atoms with van der Waals surface area (Å²) in [7, 11) is 0. The molecule has 2 heterocycles. The monoisotopic (exact) mass is 433 g/mol. The van der Waals surface area contributed by atoms with Crippen LogP contribution < -0.4 is 14.8 Å². The van der Waals surface area contributed by atoms with E-state index < -0.39 is 6.10 Å². The Morgan fingerprint density at radius 1 is 1.00 bits per heavy atom. The highest BCUT2D eigenvalue weighted by Gasteiger charge is 2.42. The Morgan fingerprint density at radius 2 is 1.84 bits per heavy atom. The Balaban J connectivity index is 1.31. The number of nitrogens with one attached hydrogen (secondary N) is 1. The summed E-state index contributed by atoms with van der Waals surface area (Å²) in [5.74, 6) is 2.07. The molecule has 2 aliphatic rings. The van der Waals surface area contributed by atoms with Crippen LogP contribution in [0.4, 0.5) is 0 Å². The number of hydrogen-bond donors (Lipinski definition) is 3. The largest absolute Gasteiger partial charge is 0.454 e. The quantitative estimate of drug-likeness (QED) is 0.527. The number of hydrogen-bond acceptors (Lipinski definition) is 7. The van der Waals surface area contributed by atoms with Crippen molar-refractivity contribution < 1.29 is 19.7 Å². The number of benzene rings is 2. The zero-order chi connectivity index (χ0) is 21.9. The van der Waals surface area contributed by atoms with Gasteiger partial charge < -0.3 is 25.0 Å². The zero-order valence-corrected chi connectivity index (χ0v) is 17.7. The van der Waals surface area contributed by atoms with Crippen LogP contribution in [0.2, 0.25) is 0 Å². The molecule has 32 heavy (non-hydrogen) atoms. The molecule has 0 spiro atoms. The van der Waals surface area contributed by atoms with Gasteiger partial charge in [-0.05, 0) is 42.5 Å². The molecular weight excluding hydrogens is 406 g/mol. The third-order valence-corrected chi connectivity index (χ3v) is 6.46. The second kappa shape index (κ2) is 9.24. The van der Waals surface area contributed by atoms with Crippen molar-refractivity contribution >= 4 is 0 Å². The average molecular weight is 434 g/mol. The van der Waals surface area contributed by atoms with E-state index in [-0.39, 0.29) is 31.3 Å². The highest BCUT2D eigenvalue weighted by molar-refractivity contribution is 5.54. The molecule has 5 rings (SSSR count). The Labute approximate surface area is 187 Å². The number of fused-ring (bicyclic) bond motifs is 1. The summed E-state index contributed by atoms with van der Waals surface area (Å²) in [5, 5.41) is 24.2. The maximum Gasteiger partial charge on any atom is 0.231 e. The predicted molar refractivity (Wildman–Crippen MR) is 119 cm³/mol. The van der Waals surface area contributed by atoms with Crippen molar-refractivity contribution in [3.8, 4) is 22.9 Å². The summed E-state index contributed by atoms with van der Waals surface area (Å²) in [4.78, 5) is 9.17. The van der Waals surface area contributed by atoms with Crippen LogP contribution >= 0.6 is 0 Å². The summed E-state index contributed by atoms with van der Waals surface area (Å²) < 4.78 is 10.9. The van der Waals surface area contributed by atoms with E-state index in [0.29, 0.717) is 25.2 Å². The van der Waals surface area contributed by atoms with Gasteiger partial charge in [-0.2, -0.15) is 0 Å². The van der Waals surface area contributed by atoms with E-state index in [9.17, 15) is 10.2 Å². The van der Waals surface area contributed by atoms with Crippen molar-refractivity contribution in [2.24, 2.45) is 11.8 Å². The van der Waals surface area contributed by atoms with Gasteiger partial charge in [0.2, 0.25) is 6.79 Å². The molecule has 0 amide bonds. The zero-order valence-electron chi connectivity index (χ0n) is 17.7. The summed E-state index contributed by atoms with van der Waals surface area (Å²) in [6.45, 7) is 0.845. The highest BCUT2D eigenvalue weighted by atomic mass is 16.7. The molecule has 0 unspecified atom stereocenters. The molecule has 0 radical (unpaired) electrons. The van der Waals surface area contributed by atoms with E-state index in [1.807, 2.05) is 54.6 Å².